The molecule has 0 aliphatic heterocycles. The molecule has 0 heterocycles. The van der Waals surface area contributed by atoms with Crippen LogP contribution in [-0.4, -0.2) is 25.6 Å². The highest BCUT2D eigenvalue weighted by molar-refractivity contribution is 9.10. The first-order valence-electron chi connectivity index (χ1n) is 5.43. The second-order valence-electron chi connectivity index (χ2n) is 3.49. The lowest BCUT2D eigenvalue weighted by Gasteiger charge is -2.12. The molecule has 0 aromatic heterocycles. The Bertz CT molecular complexity index is 457. The van der Waals surface area contributed by atoms with Gasteiger partial charge in [-0.2, -0.15) is 5.26 Å². The van der Waals surface area contributed by atoms with Gasteiger partial charge in [0.25, 0.3) is 5.91 Å². The Morgan fingerprint density at radius 3 is 3.00 bits per heavy atom. The maximum absolute atomic E-state index is 11.3. The number of amides is 1. The molecule has 0 aliphatic rings. The van der Waals surface area contributed by atoms with Gasteiger partial charge in [-0.15, -0.1) is 0 Å². The van der Waals surface area contributed by atoms with Crippen molar-refractivity contribution in [2.24, 2.45) is 5.73 Å². The minimum Gasteiger partial charge on any atom is -0.482 e. The van der Waals surface area contributed by atoms with E-state index in [1.807, 2.05) is 24.3 Å². The summed E-state index contributed by atoms with van der Waals surface area (Å²) in [6.07, 6.45) is 0.675. The first-order chi connectivity index (χ1) is 8.69. The molecule has 0 saturated carbocycles. The molecule has 0 spiro atoms. The molecule has 6 heteroatoms. The largest absolute Gasteiger partial charge is 0.482 e. The van der Waals surface area contributed by atoms with Gasteiger partial charge in [-0.25, -0.2) is 0 Å². The molecule has 5 nitrogen and oxygen atoms in total. The van der Waals surface area contributed by atoms with Gasteiger partial charge in [0.05, 0.1) is 10.5 Å². The summed E-state index contributed by atoms with van der Waals surface area (Å²) in [6, 6.07) is 7.45. The summed E-state index contributed by atoms with van der Waals surface area (Å²) in [5.74, 6) is 0.293. The second kappa shape index (κ2) is 7.69. The van der Waals surface area contributed by atoms with Gasteiger partial charge < -0.3 is 15.8 Å². The number of ether oxygens (including phenoxy) is 1. The van der Waals surface area contributed by atoms with Gasteiger partial charge in [0.1, 0.15) is 12.3 Å². The zero-order chi connectivity index (χ0) is 13.4. The number of halogens is 1. The lowest BCUT2D eigenvalue weighted by Crippen LogP contribution is -2.29. The summed E-state index contributed by atoms with van der Waals surface area (Å²) in [6.45, 7) is 0.364. The first kappa shape index (κ1) is 14.5. The van der Waals surface area contributed by atoms with Gasteiger partial charge in [0.2, 0.25) is 0 Å². The number of rotatable bonds is 6. The number of para-hydroxylation sites is 1. The van der Waals surface area contributed by atoms with E-state index in [4.69, 9.17) is 15.7 Å². The van der Waals surface area contributed by atoms with Crippen LogP contribution >= 0.6 is 15.9 Å². The van der Waals surface area contributed by atoms with E-state index in [0.717, 1.165) is 10.0 Å². The van der Waals surface area contributed by atoms with E-state index in [-0.39, 0.29) is 19.1 Å². The van der Waals surface area contributed by atoms with E-state index in [1.165, 1.54) is 0 Å². The Labute approximate surface area is 114 Å². The van der Waals surface area contributed by atoms with Crippen molar-refractivity contribution < 1.29 is 9.53 Å². The standard InChI is InChI=1S/C12H14BrN3O2/c13-10-3-1-2-9(4-5-14)12(10)18-8-11(17)16-7-6-15/h1-3H,4-5,7-8,14H2,(H,16,17). The Kier molecular flexibility index (Phi) is 6.19. The highest BCUT2D eigenvalue weighted by Gasteiger charge is 2.09. The fraction of sp³-hybridized carbons (Fsp3) is 0.333. The Morgan fingerprint density at radius 2 is 2.33 bits per heavy atom. The zero-order valence-corrected chi connectivity index (χ0v) is 11.4. The predicted molar refractivity (Wildman–Crippen MR) is 71.0 cm³/mol. The number of nitriles is 1. The Hall–Kier alpha value is -1.58. The van der Waals surface area contributed by atoms with Gasteiger partial charge in [0.15, 0.2) is 6.61 Å². The van der Waals surface area contributed by atoms with Crippen molar-refractivity contribution in [2.75, 3.05) is 19.7 Å². The van der Waals surface area contributed by atoms with Crippen LogP contribution in [0.4, 0.5) is 0 Å². The molecule has 0 atom stereocenters. The van der Waals surface area contributed by atoms with Crippen molar-refractivity contribution in [2.45, 2.75) is 6.42 Å². The third kappa shape index (κ3) is 4.35. The second-order valence-corrected chi connectivity index (χ2v) is 4.34. The molecule has 18 heavy (non-hydrogen) atoms. The topological polar surface area (TPSA) is 88.1 Å². The summed E-state index contributed by atoms with van der Waals surface area (Å²) >= 11 is 3.37. The van der Waals surface area contributed by atoms with E-state index in [2.05, 4.69) is 21.2 Å². The number of carbonyl (C=O) groups excluding carboxylic acids is 1. The first-order valence-corrected chi connectivity index (χ1v) is 6.22. The predicted octanol–water partition coefficient (Wildman–Crippen LogP) is 0.969. The normalized spacial score (nSPS) is 9.61. The molecular weight excluding hydrogens is 298 g/mol. The minimum atomic E-state index is -0.328. The molecule has 3 N–H and O–H groups in total. The van der Waals surface area contributed by atoms with E-state index in [0.29, 0.717) is 18.7 Å². The lowest BCUT2D eigenvalue weighted by molar-refractivity contribution is -0.122. The Balaban J connectivity index is 2.66. The molecule has 1 aromatic rings. The SMILES string of the molecule is N#CCNC(=O)COc1c(Br)cccc1CCN. The smallest absolute Gasteiger partial charge is 0.258 e. The fourth-order valence-corrected chi connectivity index (χ4v) is 1.92. The number of nitrogens with two attached hydrogens (primary N) is 1. The maximum atomic E-state index is 11.3. The number of benzene rings is 1. The average Bonchev–Trinajstić information content (AvgIpc) is 2.36. The molecule has 0 unspecified atom stereocenters. The number of carbonyl (C=O) groups is 1. The van der Waals surface area contributed by atoms with E-state index >= 15 is 0 Å². The van der Waals surface area contributed by atoms with Crippen LogP contribution in [0, 0.1) is 11.3 Å². The number of nitrogens with one attached hydrogen (secondary N) is 1. The highest BCUT2D eigenvalue weighted by atomic mass is 79.9. The van der Waals surface area contributed by atoms with Crippen molar-refractivity contribution >= 4 is 21.8 Å². The van der Waals surface area contributed by atoms with Crippen LogP contribution in [0.2, 0.25) is 0 Å². The van der Waals surface area contributed by atoms with Crippen LogP contribution in [0.1, 0.15) is 5.56 Å². The molecule has 96 valence electrons. The van der Waals surface area contributed by atoms with Crippen LogP contribution < -0.4 is 15.8 Å². The molecule has 1 amide bonds. The van der Waals surface area contributed by atoms with Crippen molar-refractivity contribution in [3.8, 4) is 11.8 Å². The molecule has 1 aromatic carbocycles. The summed E-state index contributed by atoms with van der Waals surface area (Å²) < 4.78 is 6.23. The Morgan fingerprint density at radius 1 is 1.56 bits per heavy atom. The molecule has 0 saturated heterocycles. The van der Waals surface area contributed by atoms with Crippen molar-refractivity contribution in [3.05, 3.63) is 28.2 Å². The number of hydrogen-bond acceptors (Lipinski definition) is 4. The van der Waals surface area contributed by atoms with Crippen LogP contribution in [0.3, 0.4) is 0 Å². The average molecular weight is 312 g/mol. The molecule has 0 radical (unpaired) electrons. The van der Waals surface area contributed by atoms with Gasteiger partial charge in [-0.1, -0.05) is 12.1 Å². The van der Waals surface area contributed by atoms with Crippen molar-refractivity contribution in [1.29, 1.82) is 5.26 Å². The van der Waals surface area contributed by atoms with Gasteiger partial charge in [-0.05, 0) is 40.5 Å². The highest BCUT2D eigenvalue weighted by Crippen LogP contribution is 2.29. The van der Waals surface area contributed by atoms with Crippen molar-refractivity contribution in [3.63, 3.8) is 0 Å². The van der Waals surface area contributed by atoms with Crippen LogP contribution in [0.5, 0.6) is 5.75 Å². The molecule has 0 fully saturated rings. The maximum Gasteiger partial charge on any atom is 0.258 e. The molecule has 0 aliphatic carbocycles. The minimum absolute atomic E-state index is 0.0200. The van der Waals surface area contributed by atoms with Gasteiger partial charge >= 0.3 is 0 Å². The zero-order valence-electron chi connectivity index (χ0n) is 9.78. The number of nitrogens with zero attached hydrogens (tertiary/aromatic N) is 1. The fourth-order valence-electron chi connectivity index (χ4n) is 1.39. The molecular formula is C12H14BrN3O2. The lowest BCUT2D eigenvalue weighted by atomic mass is 10.1. The summed E-state index contributed by atoms with van der Waals surface area (Å²) in [5, 5.41) is 10.7. The summed E-state index contributed by atoms with van der Waals surface area (Å²) in [5.41, 5.74) is 6.46. The van der Waals surface area contributed by atoms with E-state index < -0.39 is 0 Å². The van der Waals surface area contributed by atoms with E-state index in [9.17, 15) is 4.79 Å². The third-order valence-electron chi connectivity index (χ3n) is 2.17. The van der Waals surface area contributed by atoms with Gasteiger partial charge in [0, 0.05) is 0 Å². The van der Waals surface area contributed by atoms with Crippen LogP contribution in [-0.2, 0) is 11.2 Å². The third-order valence-corrected chi connectivity index (χ3v) is 2.80. The van der Waals surface area contributed by atoms with Crippen LogP contribution in [0.15, 0.2) is 22.7 Å². The van der Waals surface area contributed by atoms with Crippen LogP contribution in [0.25, 0.3) is 0 Å². The number of hydrogen-bond donors (Lipinski definition) is 2. The quantitative estimate of drug-likeness (QED) is 0.766. The summed E-state index contributed by atoms with van der Waals surface area (Å²) in [7, 11) is 0. The van der Waals surface area contributed by atoms with E-state index in [1.54, 1.807) is 0 Å². The van der Waals surface area contributed by atoms with Crippen molar-refractivity contribution in [1.82, 2.24) is 5.32 Å². The summed E-state index contributed by atoms with van der Waals surface area (Å²) in [4.78, 5) is 11.3. The monoisotopic (exact) mass is 311 g/mol. The molecule has 1 rings (SSSR count). The van der Waals surface area contributed by atoms with Gasteiger partial charge in [-0.3, -0.25) is 4.79 Å². The molecule has 0 bridgehead atoms.